The maximum Gasteiger partial charge on any atom is 0.257 e. The highest BCUT2D eigenvalue weighted by Crippen LogP contribution is 2.31. The Morgan fingerprint density at radius 1 is 1.23 bits per heavy atom. The van der Waals surface area contributed by atoms with Crippen LogP contribution in [0.2, 0.25) is 10.2 Å². The van der Waals surface area contributed by atoms with E-state index >= 15 is 0 Å². The Kier molecular flexibility index (Phi) is 4.95. The van der Waals surface area contributed by atoms with Crippen molar-refractivity contribution < 1.29 is 9.53 Å². The lowest BCUT2D eigenvalue weighted by atomic mass is 10.2. The molecule has 2 aromatic heterocycles. The Morgan fingerprint density at radius 2 is 2.04 bits per heavy atom. The standard InChI is InChI=1S/C17H14Cl2N4O2S/c18-12-7-10(9-20-15(12)19)16(24)21-11-1-2-13-14(8-11)26-17(22-13)23-3-5-25-6-4-23/h1-2,7-9H,3-6H2,(H,21,24). The van der Waals surface area contributed by atoms with E-state index in [1.165, 1.54) is 12.3 Å². The molecule has 0 aliphatic carbocycles. The van der Waals surface area contributed by atoms with Gasteiger partial charge in [0.2, 0.25) is 0 Å². The summed E-state index contributed by atoms with van der Waals surface area (Å²) in [4.78, 5) is 23.2. The van der Waals surface area contributed by atoms with Gasteiger partial charge < -0.3 is 15.0 Å². The summed E-state index contributed by atoms with van der Waals surface area (Å²) in [6.07, 6.45) is 1.39. The van der Waals surface area contributed by atoms with E-state index in [1.54, 1.807) is 11.3 Å². The number of carbonyl (C=O) groups is 1. The smallest absolute Gasteiger partial charge is 0.257 e. The van der Waals surface area contributed by atoms with Crippen molar-refractivity contribution in [3.8, 4) is 0 Å². The van der Waals surface area contributed by atoms with E-state index in [1.807, 2.05) is 18.2 Å². The molecule has 1 N–H and O–H groups in total. The first kappa shape index (κ1) is 17.5. The molecule has 1 saturated heterocycles. The Morgan fingerprint density at radius 3 is 2.81 bits per heavy atom. The zero-order valence-corrected chi connectivity index (χ0v) is 15.9. The molecular weight excluding hydrogens is 395 g/mol. The minimum atomic E-state index is -0.298. The molecule has 1 aliphatic rings. The zero-order valence-electron chi connectivity index (χ0n) is 13.5. The molecule has 0 unspecified atom stereocenters. The van der Waals surface area contributed by atoms with Crippen molar-refractivity contribution in [3.63, 3.8) is 0 Å². The van der Waals surface area contributed by atoms with E-state index in [-0.39, 0.29) is 16.1 Å². The lowest BCUT2D eigenvalue weighted by Crippen LogP contribution is -2.36. The van der Waals surface area contributed by atoms with Gasteiger partial charge in [-0.2, -0.15) is 0 Å². The maximum atomic E-state index is 12.4. The van der Waals surface area contributed by atoms with Gasteiger partial charge in [-0.25, -0.2) is 9.97 Å². The number of hydrogen-bond donors (Lipinski definition) is 1. The number of benzene rings is 1. The SMILES string of the molecule is O=C(Nc1ccc2nc(N3CCOCC3)sc2c1)c1cnc(Cl)c(Cl)c1. The van der Waals surface area contributed by atoms with Gasteiger partial charge in [-0.1, -0.05) is 34.5 Å². The number of nitrogens with zero attached hydrogens (tertiary/aromatic N) is 3. The highest BCUT2D eigenvalue weighted by molar-refractivity contribution is 7.22. The fourth-order valence-electron chi connectivity index (χ4n) is 2.63. The molecule has 3 heterocycles. The molecule has 1 fully saturated rings. The molecule has 9 heteroatoms. The van der Waals surface area contributed by atoms with Crippen molar-refractivity contribution in [3.05, 3.63) is 46.2 Å². The Bertz CT molecular complexity index is 973. The van der Waals surface area contributed by atoms with E-state index in [4.69, 9.17) is 27.9 Å². The number of anilines is 2. The summed E-state index contributed by atoms with van der Waals surface area (Å²) in [5.74, 6) is -0.298. The minimum Gasteiger partial charge on any atom is -0.378 e. The quantitative estimate of drug-likeness (QED) is 0.661. The van der Waals surface area contributed by atoms with Crippen LogP contribution < -0.4 is 10.2 Å². The van der Waals surface area contributed by atoms with Crippen LogP contribution in [0.1, 0.15) is 10.4 Å². The molecule has 134 valence electrons. The molecule has 0 atom stereocenters. The van der Waals surface area contributed by atoms with Crippen molar-refractivity contribution in [1.29, 1.82) is 0 Å². The summed E-state index contributed by atoms with van der Waals surface area (Å²) < 4.78 is 6.39. The van der Waals surface area contributed by atoms with Crippen LogP contribution in [0.15, 0.2) is 30.5 Å². The topological polar surface area (TPSA) is 67.4 Å². The number of amides is 1. The van der Waals surface area contributed by atoms with Crippen LogP contribution in [0.5, 0.6) is 0 Å². The first-order valence-corrected chi connectivity index (χ1v) is 9.53. The van der Waals surface area contributed by atoms with Gasteiger partial charge in [0.15, 0.2) is 5.13 Å². The number of halogens is 2. The first-order valence-electron chi connectivity index (χ1n) is 7.96. The number of aromatic nitrogens is 2. The average Bonchev–Trinajstić information content (AvgIpc) is 3.08. The van der Waals surface area contributed by atoms with E-state index in [2.05, 4.69) is 20.2 Å². The largest absolute Gasteiger partial charge is 0.378 e. The number of ether oxygens (including phenoxy) is 1. The molecule has 0 radical (unpaired) electrons. The lowest BCUT2D eigenvalue weighted by molar-refractivity contribution is 0.102. The van der Waals surface area contributed by atoms with Crippen LogP contribution in [0.4, 0.5) is 10.8 Å². The number of fused-ring (bicyclic) bond motifs is 1. The van der Waals surface area contributed by atoms with Crippen LogP contribution in [-0.2, 0) is 4.74 Å². The van der Waals surface area contributed by atoms with Crippen LogP contribution in [0, 0.1) is 0 Å². The Labute approximate surface area is 163 Å². The summed E-state index contributed by atoms with van der Waals surface area (Å²) in [7, 11) is 0. The van der Waals surface area contributed by atoms with Crippen molar-refractivity contribution in [2.24, 2.45) is 0 Å². The fraction of sp³-hybridized carbons (Fsp3) is 0.235. The predicted octanol–water partition coefficient (Wildman–Crippen LogP) is 4.09. The monoisotopic (exact) mass is 408 g/mol. The highest BCUT2D eigenvalue weighted by Gasteiger charge is 2.16. The third-order valence-electron chi connectivity index (χ3n) is 3.98. The molecule has 26 heavy (non-hydrogen) atoms. The molecule has 0 saturated carbocycles. The lowest BCUT2D eigenvalue weighted by Gasteiger charge is -2.25. The molecule has 1 amide bonds. The van der Waals surface area contributed by atoms with Gasteiger partial charge in [0.25, 0.3) is 5.91 Å². The maximum absolute atomic E-state index is 12.4. The number of nitrogens with one attached hydrogen (secondary N) is 1. The van der Waals surface area contributed by atoms with Gasteiger partial charge in [-0.15, -0.1) is 0 Å². The molecule has 1 aliphatic heterocycles. The van der Waals surface area contributed by atoms with E-state index in [0.717, 1.165) is 41.7 Å². The average molecular weight is 409 g/mol. The third-order valence-corrected chi connectivity index (χ3v) is 5.74. The van der Waals surface area contributed by atoms with Crippen LogP contribution in [0.25, 0.3) is 10.2 Å². The Hall–Kier alpha value is -1.93. The van der Waals surface area contributed by atoms with Gasteiger partial charge in [-0.05, 0) is 24.3 Å². The second-order valence-electron chi connectivity index (χ2n) is 5.73. The normalized spacial score (nSPS) is 14.6. The highest BCUT2D eigenvalue weighted by atomic mass is 35.5. The summed E-state index contributed by atoms with van der Waals surface area (Å²) >= 11 is 13.3. The van der Waals surface area contributed by atoms with Gasteiger partial charge >= 0.3 is 0 Å². The van der Waals surface area contributed by atoms with Gasteiger partial charge in [0.05, 0.1) is 34.0 Å². The molecule has 0 bridgehead atoms. The van der Waals surface area contributed by atoms with Crippen molar-refractivity contribution >= 4 is 61.5 Å². The summed E-state index contributed by atoms with van der Waals surface area (Å²) in [6.45, 7) is 3.12. The van der Waals surface area contributed by atoms with Crippen molar-refractivity contribution in [2.75, 3.05) is 36.5 Å². The minimum absolute atomic E-state index is 0.171. The van der Waals surface area contributed by atoms with E-state index in [9.17, 15) is 4.79 Å². The second-order valence-corrected chi connectivity index (χ2v) is 7.50. The molecule has 1 aromatic carbocycles. The van der Waals surface area contributed by atoms with Gasteiger partial charge in [0.1, 0.15) is 5.15 Å². The number of carbonyl (C=O) groups excluding carboxylic acids is 1. The van der Waals surface area contributed by atoms with Crippen LogP contribution in [0.3, 0.4) is 0 Å². The van der Waals surface area contributed by atoms with E-state index < -0.39 is 0 Å². The zero-order chi connectivity index (χ0) is 18.1. The summed E-state index contributed by atoms with van der Waals surface area (Å²) in [5.41, 5.74) is 1.94. The molecule has 6 nitrogen and oxygen atoms in total. The fourth-order valence-corrected chi connectivity index (χ4v) is 3.95. The molecular formula is C17H14Cl2N4O2S. The van der Waals surface area contributed by atoms with Gasteiger partial charge in [-0.3, -0.25) is 4.79 Å². The van der Waals surface area contributed by atoms with Crippen LogP contribution in [-0.4, -0.2) is 42.2 Å². The molecule has 3 aromatic rings. The molecule has 4 rings (SSSR count). The number of rotatable bonds is 3. The number of morpholine rings is 1. The van der Waals surface area contributed by atoms with Gasteiger partial charge in [0, 0.05) is 25.0 Å². The summed E-state index contributed by atoms with van der Waals surface area (Å²) in [6, 6.07) is 7.14. The van der Waals surface area contributed by atoms with Crippen molar-refractivity contribution in [1.82, 2.24) is 9.97 Å². The number of hydrogen-bond acceptors (Lipinski definition) is 6. The first-order chi connectivity index (χ1) is 12.6. The summed E-state index contributed by atoms with van der Waals surface area (Å²) in [5, 5.41) is 4.24. The van der Waals surface area contributed by atoms with Crippen molar-refractivity contribution in [2.45, 2.75) is 0 Å². The number of pyridine rings is 1. The predicted molar refractivity (Wildman–Crippen MR) is 105 cm³/mol. The number of thiazole rings is 1. The molecule has 0 spiro atoms. The van der Waals surface area contributed by atoms with Crippen LogP contribution >= 0.6 is 34.5 Å². The van der Waals surface area contributed by atoms with E-state index in [0.29, 0.717) is 11.3 Å². The third kappa shape index (κ3) is 3.61. The Balaban J connectivity index is 1.54. The second kappa shape index (κ2) is 7.36.